The van der Waals surface area contributed by atoms with Gasteiger partial charge in [0.05, 0.1) is 21.3 Å². The van der Waals surface area contributed by atoms with Gasteiger partial charge in [-0.25, -0.2) is 4.98 Å². The summed E-state index contributed by atoms with van der Waals surface area (Å²) in [6, 6.07) is 3.87. The minimum atomic E-state index is 0.0418. The highest BCUT2D eigenvalue weighted by Crippen LogP contribution is 2.49. The third-order valence-corrected chi connectivity index (χ3v) is 6.14. The van der Waals surface area contributed by atoms with Gasteiger partial charge in [0.15, 0.2) is 0 Å². The number of methoxy groups -OCH3 is 3. The second-order valence-electron chi connectivity index (χ2n) is 8.17. The van der Waals surface area contributed by atoms with Crippen LogP contribution in [0.25, 0.3) is 0 Å². The van der Waals surface area contributed by atoms with Crippen LogP contribution in [-0.4, -0.2) is 42.2 Å². The van der Waals surface area contributed by atoms with Crippen molar-refractivity contribution >= 4 is 17.4 Å². The van der Waals surface area contributed by atoms with Crippen molar-refractivity contribution in [3.63, 3.8) is 0 Å². The Labute approximate surface area is 184 Å². The van der Waals surface area contributed by atoms with Crippen molar-refractivity contribution in [3.8, 4) is 17.2 Å². The number of thiocarbonyl (C=S) groups is 1. The third-order valence-electron chi connectivity index (χ3n) is 5.84. The maximum atomic E-state index is 6.29. The number of hydrogen-bond donors (Lipinski definition) is 0. The number of imidazole rings is 1. The van der Waals surface area contributed by atoms with Gasteiger partial charge in [0.1, 0.15) is 29.7 Å². The minimum Gasteiger partial charge on any atom is -0.496 e. The first-order valence-corrected chi connectivity index (χ1v) is 10.9. The zero-order valence-electron chi connectivity index (χ0n) is 18.5. The summed E-state index contributed by atoms with van der Waals surface area (Å²) in [7, 11) is 5.04. The highest BCUT2D eigenvalue weighted by molar-refractivity contribution is 7.80. The summed E-state index contributed by atoms with van der Waals surface area (Å²) in [5.74, 6) is 3.34. The lowest BCUT2D eigenvalue weighted by Gasteiger charge is -2.32. The Balaban J connectivity index is 1.96. The predicted octanol–water partition coefficient (Wildman–Crippen LogP) is 5.06. The van der Waals surface area contributed by atoms with Crippen LogP contribution in [0.2, 0.25) is 0 Å². The Kier molecular flexibility index (Phi) is 7.58. The van der Waals surface area contributed by atoms with Crippen LogP contribution in [0.15, 0.2) is 30.9 Å². The Hall–Kier alpha value is -2.28. The van der Waals surface area contributed by atoms with Crippen LogP contribution in [0, 0.1) is 11.8 Å². The van der Waals surface area contributed by atoms with Crippen LogP contribution in [0.5, 0.6) is 17.2 Å². The second kappa shape index (κ2) is 10.2. The summed E-state index contributed by atoms with van der Waals surface area (Å²) in [6.07, 6.45) is 9.40. The lowest BCUT2D eigenvalue weighted by Crippen LogP contribution is -2.29. The first kappa shape index (κ1) is 22.4. The molecule has 0 bridgehead atoms. The fourth-order valence-corrected chi connectivity index (χ4v) is 4.76. The van der Waals surface area contributed by atoms with Crippen molar-refractivity contribution in [2.45, 2.75) is 51.6 Å². The van der Waals surface area contributed by atoms with Gasteiger partial charge >= 0.3 is 0 Å². The number of aromatic nitrogens is 2. The van der Waals surface area contributed by atoms with E-state index in [0.717, 1.165) is 48.5 Å². The van der Waals surface area contributed by atoms with E-state index in [1.165, 1.54) is 0 Å². The topological polar surface area (TPSA) is 54.7 Å². The van der Waals surface area contributed by atoms with Crippen LogP contribution >= 0.6 is 12.2 Å². The van der Waals surface area contributed by atoms with Gasteiger partial charge in [-0.1, -0.05) is 13.8 Å². The van der Waals surface area contributed by atoms with Gasteiger partial charge in [0.2, 0.25) is 0 Å². The van der Waals surface area contributed by atoms with Crippen molar-refractivity contribution in [2.75, 3.05) is 21.3 Å². The normalized spacial score (nSPS) is 19.5. The number of benzene rings is 1. The Morgan fingerprint density at radius 2 is 1.83 bits per heavy atom. The molecule has 3 atom stereocenters. The summed E-state index contributed by atoms with van der Waals surface area (Å²) < 4.78 is 25.1. The van der Waals surface area contributed by atoms with Gasteiger partial charge in [0.25, 0.3) is 5.17 Å². The highest BCUT2D eigenvalue weighted by Gasteiger charge is 2.39. The number of hydrogen-bond acceptors (Lipinski definition) is 6. The Morgan fingerprint density at radius 3 is 2.37 bits per heavy atom. The molecule has 0 unspecified atom stereocenters. The van der Waals surface area contributed by atoms with E-state index in [9.17, 15) is 0 Å². The molecule has 2 aromatic rings. The van der Waals surface area contributed by atoms with Crippen LogP contribution < -0.4 is 14.2 Å². The molecule has 1 aromatic heterocycles. The van der Waals surface area contributed by atoms with E-state index in [-0.39, 0.29) is 12.0 Å². The van der Waals surface area contributed by atoms with Gasteiger partial charge < -0.3 is 18.9 Å². The molecule has 1 heterocycles. The van der Waals surface area contributed by atoms with Gasteiger partial charge in [-0.3, -0.25) is 4.57 Å². The van der Waals surface area contributed by atoms with Gasteiger partial charge in [-0.2, -0.15) is 0 Å². The molecule has 0 N–H and O–H groups in total. The first-order valence-electron chi connectivity index (χ1n) is 10.5. The molecule has 6 nitrogen and oxygen atoms in total. The quantitative estimate of drug-likeness (QED) is 0.544. The van der Waals surface area contributed by atoms with E-state index >= 15 is 0 Å². The lowest BCUT2D eigenvalue weighted by atomic mass is 9.77. The van der Waals surface area contributed by atoms with Crippen molar-refractivity contribution < 1.29 is 18.9 Å². The van der Waals surface area contributed by atoms with E-state index < -0.39 is 0 Å². The van der Waals surface area contributed by atoms with Gasteiger partial charge in [-0.05, 0) is 49.7 Å². The van der Waals surface area contributed by atoms with E-state index in [1.54, 1.807) is 38.4 Å². The molecular weight excluding hydrogens is 400 g/mol. The van der Waals surface area contributed by atoms with Crippen LogP contribution in [0.4, 0.5) is 0 Å². The molecule has 7 heteroatoms. The molecule has 1 fully saturated rings. The van der Waals surface area contributed by atoms with E-state index in [4.69, 9.17) is 31.2 Å². The molecule has 3 rings (SSSR count). The molecule has 0 spiro atoms. The molecule has 1 aliphatic rings. The summed E-state index contributed by atoms with van der Waals surface area (Å²) in [6.45, 7) is 4.49. The van der Waals surface area contributed by atoms with Crippen molar-refractivity contribution in [1.82, 2.24) is 9.55 Å². The molecule has 0 saturated heterocycles. The molecule has 1 saturated carbocycles. The lowest BCUT2D eigenvalue weighted by molar-refractivity contribution is 0.121. The zero-order valence-corrected chi connectivity index (χ0v) is 19.3. The average molecular weight is 433 g/mol. The van der Waals surface area contributed by atoms with Crippen molar-refractivity contribution in [3.05, 3.63) is 36.4 Å². The Bertz CT molecular complexity index is 813. The fraction of sp³-hybridized carbons (Fsp3) is 0.565. The zero-order chi connectivity index (χ0) is 21.7. The maximum absolute atomic E-state index is 6.29. The van der Waals surface area contributed by atoms with Crippen LogP contribution in [0.1, 0.15) is 51.0 Å². The first-order chi connectivity index (χ1) is 14.5. The van der Waals surface area contributed by atoms with E-state index in [0.29, 0.717) is 17.0 Å². The fourth-order valence-electron chi connectivity index (χ4n) is 4.53. The Morgan fingerprint density at radius 1 is 1.13 bits per heavy atom. The van der Waals surface area contributed by atoms with Crippen LogP contribution in [0.3, 0.4) is 0 Å². The molecule has 1 aliphatic carbocycles. The number of rotatable bonds is 8. The largest absolute Gasteiger partial charge is 0.496 e. The molecule has 1 aromatic carbocycles. The predicted molar refractivity (Wildman–Crippen MR) is 121 cm³/mol. The number of ether oxygens (including phenoxy) is 4. The van der Waals surface area contributed by atoms with E-state index in [2.05, 4.69) is 18.8 Å². The standard InChI is InChI=1S/C23H32N2O4S/c1-15(2)11-18(22-20(27-4)12-16(26-3)13-21(22)28-5)17-7-6-8-19(17)29-23(30)25-10-9-24-14-25/h9-10,12-15,17-19H,6-8,11H2,1-5H3/t17-,18-,19+/m1/s1. The molecular formula is C23H32N2O4S. The highest BCUT2D eigenvalue weighted by atomic mass is 32.1. The molecule has 30 heavy (non-hydrogen) atoms. The van der Waals surface area contributed by atoms with Crippen molar-refractivity contribution in [1.29, 1.82) is 0 Å². The molecule has 0 aliphatic heterocycles. The molecule has 164 valence electrons. The van der Waals surface area contributed by atoms with Gasteiger partial charge in [-0.15, -0.1) is 0 Å². The smallest absolute Gasteiger partial charge is 0.269 e. The summed E-state index contributed by atoms with van der Waals surface area (Å²) in [5, 5.41) is 0.446. The summed E-state index contributed by atoms with van der Waals surface area (Å²) >= 11 is 5.52. The maximum Gasteiger partial charge on any atom is 0.269 e. The van der Waals surface area contributed by atoms with Gasteiger partial charge in [0, 0.05) is 36.0 Å². The second-order valence-corrected chi connectivity index (χ2v) is 8.52. The minimum absolute atomic E-state index is 0.0418. The van der Waals surface area contributed by atoms with Crippen molar-refractivity contribution in [2.24, 2.45) is 11.8 Å². The van der Waals surface area contributed by atoms with Crippen LogP contribution in [-0.2, 0) is 4.74 Å². The summed E-state index contributed by atoms with van der Waals surface area (Å²) in [4.78, 5) is 4.07. The average Bonchev–Trinajstić information content (AvgIpc) is 3.43. The van der Waals surface area contributed by atoms with E-state index in [1.807, 2.05) is 18.3 Å². The monoisotopic (exact) mass is 432 g/mol. The summed E-state index contributed by atoms with van der Waals surface area (Å²) in [5.41, 5.74) is 1.09. The third kappa shape index (κ3) is 4.89. The number of nitrogens with zero attached hydrogens (tertiary/aromatic N) is 2. The molecule has 0 radical (unpaired) electrons. The SMILES string of the molecule is COc1cc(OC)c([C@H](CC(C)C)[C@H]2CCC[C@@H]2OC(=S)n2ccnc2)c(OC)c1. The molecule has 0 amide bonds.